The summed E-state index contributed by atoms with van der Waals surface area (Å²) in [5.74, 6) is -4.49. The molecule has 138 valence electrons. The Bertz CT molecular complexity index is 659. The average molecular weight is 364 g/mol. The Morgan fingerprint density at radius 2 is 1.80 bits per heavy atom. The van der Waals surface area contributed by atoms with E-state index in [-0.39, 0.29) is 19.1 Å². The fourth-order valence-corrected chi connectivity index (χ4v) is 1.69. The molecule has 2 amide bonds. The van der Waals surface area contributed by atoms with Crippen LogP contribution in [0.2, 0.25) is 0 Å². The maximum atomic E-state index is 13.1. The van der Waals surface area contributed by atoms with Gasteiger partial charge in [-0.2, -0.15) is 13.2 Å². The number of amides is 2. The smallest absolute Gasteiger partial charge is 0.419 e. The van der Waals surface area contributed by atoms with Crippen LogP contribution in [0.3, 0.4) is 0 Å². The van der Waals surface area contributed by atoms with Crippen molar-refractivity contribution < 1.29 is 36.7 Å². The number of carbonyl (C=O) groups is 3. The van der Waals surface area contributed by atoms with Crippen LogP contribution in [0.1, 0.15) is 25.8 Å². The van der Waals surface area contributed by atoms with Crippen molar-refractivity contribution >= 4 is 23.5 Å². The Hall–Kier alpha value is -2.65. The lowest BCUT2D eigenvalue weighted by molar-refractivity contribution is -0.147. The van der Waals surface area contributed by atoms with Crippen molar-refractivity contribution in [3.63, 3.8) is 0 Å². The third-order valence-electron chi connectivity index (χ3n) is 2.72. The summed E-state index contributed by atoms with van der Waals surface area (Å²) in [5, 5.41) is 4.03. The van der Waals surface area contributed by atoms with Crippen molar-refractivity contribution in [3.05, 3.63) is 29.6 Å². The highest BCUT2D eigenvalue weighted by molar-refractivity contribution is 6.39. The Balaban J connectivity index is 2.58. The van der Waals surface area contributed by atoms with Crippen LogP contribution in [0, 0.1) is 5.82 Å². The molecule has 1 rings (SSSR count). The Morgan fingerprint density at radius 1 is 1.16 bits per heavy atom. The monoisotopic (exact) mass is 364 g/mol. The molecule has 0 radical (unpaired) electrons. The van der Waals surface area contributed by atoms with Crippen LogP contribution >= 0.6 is 0 Å². The molecule has 0 aliphatic rings. The highest BCUT2D eigenvalue weighted by Crippen LogP contribution is 2.32. The highest BCUT2D eigenvalue weighted by Gasteiger charge is 2.34. The van der Waals surface area contributed by atoms with Crippen LogP contribution in [-0.2, 0) is 25.3 Å². The summed E-state index contributed by atoms with van der Waals surface area (Å²) in [7, 11) is 0. The molecule has 0 aliphatic carbocycles. The van der Waals surface area contributed by atoms with Crippen molar-refractivity contribution in [2.45, 2.75) is 32.5 Å². The van der Waals surface area contributed by atoms with Crippen LogP contribution in [-0.4, -0.2) is 30.4 Å². The first-order valence-electron chi connectivity index (χ1n) is 7.16. The van der Waals surface area contributed by atoms with E-state index >= 15 is 0 Å². The third-order valence-corrected chi connectivity index (χ3v) is 2.72. The lowest BCUT2D eigenvalue weighted by Crippen LogP contribution is -2.36. The van der Waals surface area contributed by atoms with E-state index in [0.717, 1.165) is 6.07 Å². The number of hydrogen-bond acceptors (Lipinski definition) is 4. The standard InChI is InChI=1S/C15H16F4N2O4/c1-8(2)25-12(22)5-6-20-13(23)14(24)21-9-3-4-11(16)10(7-9)15(17,18)19/h3-4,7-8H,5-6H2,1-2H3,(H,20,23)(H,21,24). The van der Waals surface area contributed by atoms with Crippen LogP contribution in [0.25, 0.3) is 0 Å². The van der Waals surface area contributed by atoms with Crippen LogP contribution in [0.15, 0.2) is 18.2 Å². The van der Waals surface area contributed by atoms with Gasteiger partial charge >= 0.3 is 24.0 Å². The number of anilines is 1. The molecule has 0 atom stereocenters. The highest BCUT2D eigenvalue weighted by atomic mass is 19.4. The van der Waals surface area contributed by atoms with Gasteiger partial charge < -0.3 is 15.4 Å². The Kier molecular flexibility index (Phi) is 6.89. The molecule has 1 aromatic carbocycles. The summed E-state index contributed by atoms with van der Waals surface area (Å²) >= 11 is 0. The molecular weight excluding hydrogens is 348 g/mol. The molecule has 0 saturated heterocycles. The molecule has 10 heteroatoms. The summed E-state index contributed by atoms with van der Waals surface area (Å²) < 4.78 is 55.7. The van der Waals surface area contributed by atoms with Gasteiger partial charge in [-0.25, -0.2) is 4.39 Å². The zero-order chi connectivity index (χ0) is 19.2. The number of ether oxygens (including phenoxy) is 1. The minimum absolute atomic E-state index is 0.175. The predicted octanol–water partition coefficient (Wildman–Crippen LogP) is 2.24. The topological polar surface area (TPSA) is 84.5 Å². The van der Waals surface area contributed by atoms with Gasteiger partial charge in [-0.05, 0) is 32.0 Å². The van der Waals surface area contributed by atoms with Gasteiger partial charge in [0.15, 0.2) is 0 Å². The molecule has 25 heavy (non-hydrogen) atoms. The number of rotatable bonds is 5. The molecule has 0 aromatic heterocycles. The fourth-order valence-electron chi connectivity index (χ4n) is 1.69. The molecule has 0 bridgehead atoms. The van der Waals surface area contributed by atoms with Crippen molar-refractivity contribution in [3.8, 4) is 0 Å². The van der Waals surface area contributed by atoms with Gasteiger partial charge in [0, 0.05) is 12.2 Å². The number of esters is 1. The lowest BCUT2D eigenvalue weighted by Gasteiger charge is -2.11. The van der Waals surface area contributed by atoms with Crippen molar-refractivity contribution in [1.82, 2.24) is 5.32 Å². The van der Waals surface area contributed by atoms with E-state index in [4.69, 9.17) is 4.74 Å². The van der Waals surface area contributed by atoms with Gasteiger partial charge in [0.2, 0.25) is 0 Å². The second-order valence-electron chi connectivity index (χ2n) is 5.19. The van der Waals surface area contributed by atoms with Crippen molar-refractivity contribution in [2.24, 2.45) is 0 Å². The van der Waals surface area contributed by atoms with Crippen LogP contribution < -0.4 is 10.6 Å². The largest absolute Gasteiger partial charge is 0.463 e. The maximum Gasteiger partial charge on any atom is 0.419 e. The van der Waals surface area contributed by atoms with Gasteiger partial charge in [0.05, 0.1) is 18.1 Å². The summed E-state index contributed by atoms with van der Waals surface area (Å²) in [5.41, 5.74) is -1.96. The van der Waals surface area contributed by atoms with E-state index in [1.54, 1.807) is 13.8 Å². The van der Waals surface area contributed by atoms with E-state index in [0.29, 0.717) is 12.1 Å². The number of halogens is 4. The van der Waals surface area contributed by atoms with E-state index in [9.17, 15) is 31.9 Å². The molecule has 2 N–H and O–H groups in total. The van der Waals surface area contributed by atoms with Crippen LogP contribution in [0.5, 0.6) is 0 Å². The lowest BCUT2D eigenvalue weighted by atomic mass is 10.2. The maximum absolute atomic E-state index is 13.1. The molecule has 0 spiro atoms. The number of alkyl halides is 3. The molecule has 1 aromatic rings. The normalized spacial score (nSPS) is 11.2. The van der Waals surface area contributed by atoms with Crippen molar-refractivity contribution in [1.29, 1.82) is 0 Å². The molecular formula is C15H16F4N2O4. The first kappa shape index (κ1) is 20.4. The van der Waals surface area contributed by atoms with Gasteiger partial charge in [0.1, 0.15) is 5.82 Å². The van der Waals surface area contributed by atoms with E-state index in [2.05, 4.69) is 5.32 Å². The Labute approximate surface area is 140 Å². The first-order valence-corrected chi connectivity index (χ1v) is 7.16. The minimum atomic E-state index is -4.94. The van der Waals surface area contributed by atoms with Gasteiger partial charge in [-0.1, -0.05) is 0 Å². The van der Waals surface area contributed by atoms with E-state index < -0.39 is 41.0 Å². The van der Waals surface area contributed by atoms with E-state index in [1.807, 2.05) is 5.32 Å². The quantitative estimate of drug-likeness (QED) is 0.477. The molecule has 0 aliphatic heterocycles. The second kappa shape index (κ2) is 8.45. The third kappa shape index (κ3) is 6.77. The van der Waals surface area contributed by atoms with Crippen LogP contribution in [0.4, 0.5) is 23.2 Å². The van der Waals surface area contributed by atoms with E-state index in [1.165, 1.54) is 0 Å². The zero-order valence-electron chi connectivity index (χ0n) is 13.4. The average Bonchev–Trinajstić information content (AvgIpc) is 2.47. The summed E-state index contributed by atoms with van der Waals surface area (Å²) in [4.78, 5) is 34.4. The summed E-state index contributed by atoms with van der Waals surface area (Å²) in [6.45, 7) is 3.10. The number of carbonyl (C=O) groups excluding carboxylic acids is 3. The predicted molar refractivity (Wildman–Crippen MR) is 78.9 cm³/mol. The van der Waals surface area contributed by atoms with Gasteiger partial charge in [0.25, 0.3) is 0 Å². The molecule has 0 saturated carbocycles. The van der Waals surface area contributed by atoms with Gasteiger partial charge in [-0.3, -0.25) is 14.4 Å². The Morgan fingerprint density at radius 3 is 2.36 bits per heavy atom. The fraction of sp³-hybridized carbons (Fsp3) is 0.400. The summed E-state index contributed by atoms with van der Waals surface area (Å²) in [6, 6.07) is 1.79. The molecule has 0 fully saturated rings. The zero-order valence-corrected chi connectivity index (χ0v) is 13.4. The first-order chi connectivity index (χ1) is 11.5. The number of hydrogen-bond donors (Lipinski definition) is 2. The second-order valence-corrected chi connectivity index (χ2v) is 5.19. The van der Waals surface area contributed by atoms with Crippen molar-refractivity contribution in [2.75, 3.05) is 11.9 Å². The molecule has 0 heterocycles. The number of benzene rings is 1. The molecule has 6 nitrogen and oxygen atoms in total. The minimum Gasteiger partial charge on any atom is -0.463 e. The SMILES string of the molecule is CC(C)OC(=O)CCNC(=O)C(=O)Nc1ccc(F)c(C(F)(F)F)c1. The van der Waals surface area contributed by atoms with Gasteiger partial charge in [-0.15, -0.1) is 0 Å². The summed E-state index contributed by atoms with van der Waals surface area (Å²) in [6.07, 6.45) is -5.44. The number of nitrogens with one attached hydrogen (secondary N) is 2. The molecule has 0 unspecified atom stereocenters.